The third-order valence-corrected chi connectivity index (χ3v) is 4.63. The Kier molecular flexibility index (Phi) is 6.14. The molecule has 2 aromatic carbocycles. The molecule has 0 fully saturated rings. The van der Waals surface area contributed by atoms with Crippen LogP contribution in [0.5, 0.6) is 0 Å². The average molecular weight is 413 g/mol. The molecule has 2 amide bonds. The van der Waals surface area contributed by atoms with Crippen LogP contribution in [0.3, 0.4) is 0 Å². The number of aromatic nitrogens is 4. The van der Waals surface area contributed by atoms with E-state index in [0.29, 0.717) is 5.16 Å². The molecule has 0 bridgehead atoms. The molecule has 0 atom stereocenters. The first-order valence-electron chi connectivity index (χ1n) is 8.26. The molecule has 11 nitrogen and oxygen atoms in total. The second-order valence-electron chi connectivity index (χ2n) is 5.80. The molecule has 0 aliphatic rings. The molecule has 1 aromatic heterocycles. The number of carbonyl (C=O) groups excluding carboxylic acids is 2. The lowest BCUT2D eigenvalue weighted by atomic mass is 10.2. The molecule has 2 N–H and O–H groups in total. The number of tetrazole rings is 1. The van der Waals surface area contributed by atoms with Crippen LogP contribution in [-0.2, 0) is 4.79 Å². The van der Waals surface area contributed by atoms with Gasteiger partial charge in [0.15, 0.2) is 0 Å². The highest BCUT2D eigenvalue weighted by Gasteiger charge is 2.13. The van der Waals surface area contributed by atoms with Gasteiger partial charge < -0.3 is 0 Å². The molecule has 3 rings (SSSR count). The summed E-state index contributed by atoms with van der Waals surface area (Å²) in [4.78, 5) is 34.0. The second-order valence-corrected chi connectivity index (χ2v) is 6.75. The van der Waals surface area contributed by atoms with Crippen molar-refractivity contribution in [1.29, 1.82) is 0 Å². The molecular weight excluding hydrogens is 398 g/mol. The molecular formula is C17H15N7O4S. The topological polar surface area (TPSA) is 145 Å². The number of hydrogen-bond acceptors (Lipinski definition) is 8. The van der Waals surface area contributed by atoms with Gasteiger partial charge in [-0.3, -0.25) is 30.6 Å². The van der Waals surface area contributed by atoms with Crippen molar-refractivity contribution in [1.82, 2.24) is 31.1 Å². The van der Waals surface area contributed by atoms with Crippen molar-refractivity contribution in [3.63, 3.8) is 0 Å². The first-order valence-corrected chi connectivity index (χ1v) is 9.24. The van der Waals surface area contributed by atoms with E-state index >= 15 is 0 Å². The molecule has 29 heavy (non-hydrogen) atoms. The maximum atomic E-state index is 12.0. The predicted molar refractivity (Wildman–Crippen MR) is 103 cm³/mol. The summed E-state index contributed by atoms with van der Waals surface area (Å²) in [5.74, 6) is -1.10. The lowest BCUT2D eigenvalue weighted by Gasteiger charge is -2.07. The van der Waals surface area contributed by atoms with Crippen molar-refractivity contribution in [3.05, 3.63) is 69.8 Å². The van der Waals surface area contributed by atoms with Gasteiger partial charge in [0.25, 0.3) is 11.6 Å². The molecule has 0 saturated heterocycles. The van der Waals surface area contributed by atoms with Crippen LogP contribution in [-0.4, -0.2) is 42.7 Å². The number of nitrogens with zero attached hydrogens (tertiary/aromatic N) is 5. The zero-order chi connectivity index (χ0) is 20.8. The summed E-state index contributed by atoms with van der Waals surface area (Å²) in [6.45, 7) is 1.97. The quantitative estimate of drug-likeness (QED) is 0.351. The minimum absolute atomic E-state index is 0.0349. The van der Waals surface area contributed by atoms with Crippen LogP contribution in [0.1, 0.15) is 15.9 Å². The molecule has 148 valence electrons. The van der Waals surface area contributed by atoms with Crippen LogP contribution in [0, 0.1) is 17.0 Å². The number of nitro groups is 1. The fraction of sp³-hybridized carbons (Fsp3) is 0.118. The van der Waals surface area contributed by atoms with Gasteiger partial charge >= 0.3 is 0 Å². The maximum Gasteiger partial charge on any atom is 0.269 e. The Morgan fingerprint density at radius 1 is 1.10 bits per heavy atom. The summed E-state index contributed by atoms with van der Waals surface area (Å²) < 4.78 is 1.51. The molecule has 12 heteroatoms. The summed E-state index contributed by atoms with van der Waals surface area (Å²) in [6.07, 6.45) is 0. The molecule has 0 unspecified atom stereocenters. The highest BCUT2D eigenvalue weighted by atomic mass is 32.2. The fourth-order valence-corrected chi connectivity index (χ4v) is 2.91. The lowest BCUT2D eigenvalue weighted by Crippen LogP contribution is -2.42. The molecule has 0 radical (unpaired) electrons. The van der Waals surface area contributed by atoms with Crippen molar-refractivity contribution < 1.29 is 14.5 Å². The van der Waals surface area contributed by atoms with Gasteiger partial charge in [0.2, 0.25) is 11.1 Å². The number of hydrogen-bond donors (Lipinski definition) is 2. The van der Waals surface area contributed by atoms with Crippen LogP contribution in [0.2, 0.25) is 0 Å². The molecule has 0 aliphatic carbocycles. The van der Waals surface area contributed by atoms with E-state index in [1.165, 1.54) is 28.9 Å². The van der Waals surface area contributed by atoms with Gasteiger partial charge in [0.1, 0.15) is 0 Å². The van der Waals surface area contributed by atoms with Crippen LogP contribution >= 0.6 is 11.8 Å². The lowest BCUT2D eigenvalue weighted by molar-refractivity contribution is -0.384. The van der Waals surface area contributed by atoms with E-state index in [1.54, 1.807) is 0 Å². The number of aryl methyl sites for hydroxylation is 1. The molecule has 0 spiro atoms. The van der Waals surface area contributed by atoms with E-state index in [2.05, 4.69) is 26.4 Å². The summed E-state index contributed by atoms with van der Waals surface area (Å²) in [5.41, 5.74) is 6.42. The first-order chi connectivity index (χ1) is 13.9. The van der Waals surface area contributed by atoms with E-state index in [-0.39, 0.29) is 17.0 Å². The Labute approximate surface area is 168 Å². The SMILES string of the molecule is Cc1ccc(-n2nnnc2SCC(=O)NNC(=O)c2ccc([N+](=O)[O-])cc2)cc1. The number of nitrogens with one attached hydrogen (secondary N) is 2. The number of carbonyl (C=O) groups is 2. The van der Waals surface area contributed by atoms with Gasteiger partial charge in [-0.15, -0.1) is 5.10 Å². The van der Waals surface area contributed by atoms with Crippen molar-refractivity contribution in [2.75, 3.05) is 5.75 Å². The van der Waals surface area contributed by atoms with E-state index < -0.39 is 16.7 Å². The summed E-state index contributed by atoms with van der Waals surface area (Å²) in [6, 6.07) is 12.6. The number of benzene rings is 2. The maximum absolute atomic E-state index is 12.0. The Hall–Kier alpha value is -3.80. The number of non-ortho nitro benzene ring substituents is 1. The Morgan fingerprint density at radius 3 is 2.45 bits per heavy atom. The number of nitro benzene ring substituents is 1. The van der Waals surface area contributed by atoms with E-state index in [9.17, 15) is 19.7 Å². The highest BCUT2D eigenvalue weighted by molar-refractivity contribution is 7.99. The Balaban J connectivity index is 1.52. The average Bonchev–Trinajstić information content (AvgIpc) is 3.19. The number of hydrazine groups is 1. The predicted octanol–water partition coefficient (Wildman–Crippen LogP) is 1.43. The summed E-state index contributed by atoms with van der Waals surface area (Å²) >= 11 is 1.10. The Bertz CT molecular complexity index is 1030. The summed E-state index contributed by atoms with van der Waals surface area (Å²) in [7, 11) is 0. The van der Waals surface area contributed by atoms with Gasteiger partial charge in [-0.25, -0.2) is 0 Å². The third-order valence-electron chi connectivity index (χ3n) is 3.71. The summed E-state index contributed by atoms with van der Waals surface area (Å²) in [5, 5.41) is 22.5. The van der Waals surface area contributed by atoms with E-state index in [0.717, 1.165) is 23.0 Å². The van der Waals surface area contributed by atoms with Crippen molar-refractivity contribution >= 4 is 29.3 Å². The third kappa shape index (κ3) is 5.13. The van der Waals surface area contributed by atoms with Crippen molar-refractivity contribution in [2.45, 2.75) is 12.1 Å². The molecule has 0 aliphatic heterocycles. The van der Waals surface area contributed by atoms with Gasteiger partial charge in [-0.05, 0) is 41.6 Å². The largest absolute Gasteiger partial charge is 0.272 e. The number of thioether (sulfide) groups is 1. The minimum atomic E-state index is -0.595. The van der Waals surface area contributed by atoms with Crippen LogP contribution in [0.25, 0.3) is 5.69 Å². The zero-order valence-electron chi connectivity index (χ0n) is 15.1. The zero-order valence-corrected chi connectivity index (χ0v) is 15.9. The van der Waals surface area contributed by atoms with Gasteiger partial charge in [0, 0.05) is 17.7 Å². The van der Waals surface area contributed by atoms with Crippen molar-refractivity contribution in [3.8, 4) is 5.69 Å². The standard InChI is InChI=1S/C17H15N7O4S/c1-11-2-6-13(7-3-11)23-17(20-21-22-23)29-10-15(25)18-19-16(26)12-4-8-14(9-5-12)24(27)28/h2-9H,10H2,1H3,(H,18,25)(H,19,26). The molecule has 0 saturated carbocycles. The van der Waals surface area contributed by atoms with Crippen molar-refractivity contribution in [2.24, 2.45) is 0 Å². The fourth-order valence-electron chi connectivity index (χ4n) is 2.22. The van der Waals surface area contributed by atoms with E-state index in [1.807, 2.05) is 31.2 Å². The van der Waals surface area contributed by atoms with Gasteiger partial charge in [0.05, 0.1) is 16.4 Å². The van der Waals surface area contributed by atoms with Gasteiger partial charge in [-0.2, -0.15) is 4.68 Å². The van der Waals surface area contributed by atoms with Crippen LogP contribution in [0.15, 0.2) is 53.7 Å². The minimum Gasteiger partial charge on any atom is -0.272 e. The number of rotatable bonds is 6. The molecule has 1 heterocycles. The van der Waals surface area contributed by atoms with Crippen LogP contribution < -0.4 is 10.9 Å². The van der Waals surface area contributed by atoms with Crippen LogP contribution in [0.4, 0.5) is 5.69 Å². The Morgan fingerprint density at radius 2 is 1.79 bits per heavy atom. The number of amides is 2. The smallest absolute Gasteiger partial charge is 0.269 e. The highest BCUT2D eigenvalue weighted by Crippen LogP contribution is 2.18. The van der Waals surface area contributed by atoms with E-state index in [4.69, 9.17) is 0 Å². The monoisotopic (exact) mass is 413 g/mol. The van der Waals surface area contributed by atoms with Gasteiger partial charge in [-0.1, -0.05) is 29.5 Å². The molecule has 3 aromatic rings. The second kappa shape index (κ2) is 8.93. The first kappa shape index (κ1) is 19.9. The normalized spacial score (nSPS) is 10.4.